The number of likely N-dealkylation sites (tertiary alicyclic amines) is 1. The lowest BCUT2D eigenvalue weighted by atomic mass is 9.93. The Hall–Kier alpha value is -2.40. The number of carbonyl (C=O) groups excluding carboxylic acids is 2. The molecule has 2 aliphatic heterocycles. The van der Waals surface area contributed by atoms with Gasteiger partial charge in [0.2, 0.25) is 5.91 Å². The quantitative estimate of drug-likeness (QED) is 0.719. The minimum atomic E-state index is -0.455. The number of amides is 2. The monoisotopic (exact) mass is 414 g/mol. The smallest absolute Gasteiger partial charge is 0.253 e. The molecule has 4 nitrogen and oxygen atoms in total. The molecule has 0 aromatic heterocycles. The van der Waals surface area contributed by atoms with Gasteiger partial charge in [-0.2, -0.15) is 0 Å². The van der Waals surface area contributed by atoms with Crippen molar-refractivity contribution in [3.8, 4) is 0 Å². The maximum absolute atomic E-state index is 14.6. The second kappa shape index (κ2) is 8.15. The molecule has 2 heterocycles. The van der Waals surface area contributed by atoms with E-state index in [1.165, 1.54) is 6.07 Å². The van der Waals surface area contributed by atoms with E-state index >= 15 is 0 Å². The van der Waals surface area contributed by atoms with Gasteiger partial charge in [-0.3, -0.25) is 9.59 Å². The van der Waals surface area contributed by atoms with Crippen LogP contribution in [0.25, 0.3) is 0 Å². The zero-order valence-corrected chi connectivity index (χ0v) is 17.2. The first-order valence-electron chi connectivity index (χ1n) is 10.1. The van der Waals surface area contributed by atoms with Crippen LogP contribution in [0.1, 0.15) is 40.7 Å². The SMILES string of the molecule is Cc1ccc(C(=O)N2CCCC(C(=O)N3CCCc4cc(Cl)cc(F)c43)C2)cc1. The van der Waals surface area contributed by atoms with Gasteiger partial charge in [-0.1, -0.05) is 29.3 Å². The Balaban J connectivity index is 1.53. The molecule has 0 bridgehead atoms. The second-order valence-electron chi connectivity index (χ2n) is 7.95. The van der Waals surface area contributed by atoms with Gasteiger partial charge in [0.05, 0.1) is 11.6 Å². The maximum Gasteiger partial charge on any atom is 0.253 e. The Kier molecular flexibility index (Phi) is 5.59. The van der Waals surface area contributed by atoms with E-state index in [0.717, 1.165) is 24.0 Å². The molecule has 1 unspecified atom stereocenters. The van der Waals surface area contributed by atoms with Crippen molar-refractivity contribution in [2.45, 2.75) is 32.6 Å². The van der Waals surface area contributed by atoms with Crippen LogP contribution >= 0.6 is 11.6 Å². The molecule has 4 rings (SSSR count). The third kappa shape index (κ3) is 4.01. The van der Waals surface area contributed by atoms with Crippen LogP contribution in [-0.2, 0) is 11.2 Å². The first-order chi connectivity index (χ1) is 13.9. The Bertz CT molecular complexity index is 945. The van der Waals surface area contributed by atoms with E-state index in [-0.39, 0.29) is 17.7 Å². The Morgan fingerprint density at radius 2 is 1.86 bits per heavy atom. The highest BCUT2D eigenvalue weighted by Crippen LogP contribution is 2.34. The largest absolute Gasteiger partial charge is 0.338 e. The van der Waals surface area contributed by atoms with Crippen LogP contribution in [0.4, 0.5) is 10.1 Å². The number of aryl methyl sites for hydroxylation is 2. The molecule has 2 aliphatic rings. The van der Waals surface area contributed by atoms with Gasteiger partial charge in [0.1, 0.15) is 5.82 Å². The number of benzene rings is 2. The van der Waals surface area contributed by atoms with E-state index in [1.807, 2.05) is 31.2 Å². The predicted molar refractivity (Wildman–Crippen MR) is 112 cm³/mol. The number of nitrogens with zero attached hydrogens (tertiary/aromatic N) is 2. The van der Waals surface area contributed by atoms with Crippen LogP contribution in [0.2, 0.25) is 5.02 Å². The van der Waals surface area contributed by atoms with Crippen molar-refractivity contribution in [2.75, 3.05) is 24.5 Å². The van der Waals surface area contributed by atoms with Crippen molar-refractivity contribution in [2.24, 2.45) is 5.92 Å². The van der Waals surface area contributed by atoms with E-state index in [2.05, 4.69) is 0 Å². The fourth-order valence-electron chi connectivity index (χ4n) is 4.33. The van der Waals surface area contributed by atoms with E-state index in [1.54, 1.807) is 15.9 Å². The first-order valence-corrected chi connectivity index (χ1v) is 10.5. The number of hydrogen-bond acceptors (Lipinski definition) is 2. The highest BCUT2D eigenvalue weighted by molar-refractivity contribution is 6.30. The molecular weight excluding hydrogens is 391 g/mol. The van der Waals surface area contributed by atoms with Gasteiger partial charge in [0.25, 0.3) is 5.91 Å². The number of halogens is 2. The van der Waals surface area contributed by atoms with Gasteiger partial charge in [-0.25, -0.2) is 4.39 Å². The molecule has 1 atom stereocenters. The van der Waals surface area contributed by atoms with Crippen molar-refractivity contribution in [3.05, 3.63) is 63.9 Å². The normalized spacial score (nSPS) is 19.1. The summed E-state index contributed by atoms with van der Waals surface area (Å²) in [6.45, 7) is 3.48. The third-order valence-corrected chi connectivity index (χ3v) is 6.05. The molecule has 0 radical (unpaired) electrons. The van der Waals surface area contributed by atoms with Crippen molar-refractivity contribution in [1.82, 2.24) is 4.90 Å². The standard InChI is InChI=1S/C23H24ClFN2O2/c1-15-6-8-16(9-7-15)22(28)26-10-2-5-18(14-26)23(29)27-11-3-4-17-12-19(24)13-20(25)21(17)27/h6-9,12-13,18H,2-5,10-11,14H2,1H3. The Labute approximate surface area is 175 Å². The van der Waals surface area contributed by atoms with E-state index in [0.29, 0.717) is 48.7 Å². The molecule has 0 saturated carbocycles. The lowest BCUT2D eigenvalue weighted by Crippen LogP contribution is -2.48. The molecule has 0 spiro atoms. The minimum Gasteiger partial charge on any atom is -0.338 e. The van der Waals surface area contributed by atoms with Crippen molar-refractivity contribution in [1.29, 1.82) is 0 Å². The zero-order valence-electron chi connectivity index (χ0n) is 16.5. The third-order valence-electron chi connectivity index (χ3n) is 5.83. The molecule has 2 aromatic carbocycles. The number of hydrogen-bond donors (Lipinski definition) is 0. The van der Waals surface area contributed by atoms with Crippen molar-refractivity contribution < 1.29 is 14.0 Å². The molecule has 152 valence electrons. The predicted octanol–water partition coefficient (Wildman–Crippen LogP) is 4.62. The number of rotatable bonds is 2. The first kappa shape index (κ1) is 19.9. The second-order valence-corrected chi connectivity index (χ2v) is 8.38. The lowest BCUT2D eigenvalue weighted by molar-refractivity contribution is -0.123. The molecule has 29 heavy (non-hydrogen) atoms. The Morgan fingerprint density at radius 3 is 2.62 bits per heavy atom. The number of carbonyl (C=O) groups is 2. The minimum absolute atomic E-state index is 0.0560. The van der Waals surface area contributed by atoms with Crippen LogP contribution in [-0.4, -0.2) is 36.3 Å². The van der Waals surface area contributed by atoms with Crippen LogP contribution in [0.5, 0.6) is 0 Å². The molecule has 0 aliphatic carbocycles. The summed E-state index contributed by atoms with van der Waals surface area (Å²) in [5.74, 6) is -0.934. The van der Waals surface area contributed by atoms with Crippen LogP contribution in [0.15, 0.2) is 36.4 Å². The van der Waals surface area contributed by atoms with Gasteiger partial charge in [-0.15, -0.1) is 0 Å². The van der Waals surface area contributed by atoms with Crippen LogP contribution < -0.4 is 4.90 Å². The van der Waals surface area contributed by atoms with Crippen molar-refractivity contribution in [3.63, 3.8) is 0 Å². The zero-order chi connectivity index (χ0) is 20.5. The molecule has 2 aromatic rings. The van der Waals surface area contributed by atoms with Gasteiger partial charge in [0.15, 0.2) is 0 Å². The summed E-state index contributed by atoms with van der Waals surface area (Å²) in [6, 6.07) is 10.5. The fourth-order valence-corrected chi connectivity index (χ4v) is 4.56. The van der Waals surface area contributed by atoms with Gasteiger partial charge < -0.3 is 9.80 Å². The summed E-state index contributed by atoms with van der Waals surface area (Å²) in [5, 5.41) is 0.350. The highest BCUT2D eigenvalue weighted by atomic mass is 35.5. The highest BCUT2D eigenvalue weighted by Gasteiger charge is 2.35. The molecule has 1 fully saturated rings. The number of anilines is 1. The molecule has 1 saturated heterocycles. The molecular formula is C23H24ClFN2O2. The summed E-state index contributed by atoms with van der Waals surface area (Å²) in [5.41, 5.74) is 2.86. The Morgan fingerprint density at radius 1 is 1.10 bits per heavy atom. The van der Waals surface area contributed by atoms with Gasteiger partial charge >= 0.3 is 0 Å². The van der Waals surface area contributed by atoms with Gasteiger partial charge in [0, 0.05) is 30.2 Å². The topological polar surface area (TPSA) is 40.6 Å². The van der Waals surface area contributed by atoms with E-state index < -0.39 is 5.82 Å². The lowest BCUT2D eigenvalue weighted by Gasteiger charge is -2.37. The molecule has 6 heteroatoms. The average molecular weight is 415 g/mol. The maximum atomic E-state index is 14.6. The van der Waals surface area contributed by atoms with Crippen molar-refractivity contribution >= 4 is 29.1 Å². The summed E-state index contributed by atoms with van der Waals surface area (Å²) in [4.78, 5) is 29.5. The fraction of sp³-hybridized carbons (Fsp3) is 0.391. The van der Waals surface area contributed by atoms with E-state index in [4.69, 9.17) is 11.6 Å². The number of fused-ring (bicyclic) bond motifs is 1. The number of piperidine rings is 1. The molecule has 0 N–H and O–H groups in total. The summed E-state index contributed by atoms with van der Waals surface area (Å²) >= 11 is 5.99. The van der Waals surface area contributed by atoms with E-state index in [9.17, 15) is 14.0 Å². The van der Waals surface area contributed by atoms with Crippen LogP contribution in [0.3, 0.4) is 0 Å². The average Bonchev–Trinajstić information content (AvgIpc) is 2.72. The summed E-state index contributed by atoms with van der Waals surface area (Å²) < 4.78 is 14.6. The van der Waals surface area contributed by atoms with Gasteiger partial charge in [-0.05, 0) is 62.4 Å². The summed E-state index contributed by atoms with van der Waals surface area (Å²) in [7, 11) is 0. The summed E-state index contributed by atoms with van der Waals surface area (Å²) in [6.07, 6.45) is 2.95. The van der Waals surface area contributed by atoms with Crippen LogP contribution in [0, 0.1) is 18.7 Å². The molecule has 2 amide bonds.